The lowest BCUT2D eigenvalue weighted by Crippen LogP contribution is -2.25. The summed E-state index contributed by atoms with van der Waals surface area (Å²) in [4.78, 5) is 13.5. The number of fused-ring (bicyclic) bond motifs is 4. The Labute approximate surface area is 146 Å². The number of Topliss-reactive ketones (excluding diaryl/α,β-unsaturated/α-hetero) is 1. The average molecular weight is 332 g/mol. The predicted octanol–water partition coefficient (Wildman–Crippen LogP) is 5.85. The number of benzene rings is 3. The van der Waals surface area contributed by atoms with Gasteiger partial charge in [0.15, 0.2) is 5.78 Å². The molecule has 2 bridgehead atoms. The van der Waals surface area contributed by atoms with E-state index >= 15 is 0 Å². The van der Waals surface area contributed by atoms with Crippen LogP contribution in [0.15, 0.2) is 54.6 Å². The minimum atomic E-state index is 0.206. The molecule has 3 aromatic rings. The molecule has 24 heavy (non-hydrogen) atoms. The quantitative estimate of drug-likeness (QED) is 0.432. The summed E-state index contributed by atoms with van der Waals surface area (Å²) in [5, 5.41) is 6.00. The molecule has 2 atom stereocenters. The highest BCUT2D eigenvalue weighted by molar-refractivity contribution is 8.00. The minimum Gasteiger partial charge on any atom is -0.294 e. The van der Waals surface area contributed by atoms with Gasteiger partial charge >= 0.3 is 0 Å². The molecule has 0 saturated carbocycles. The van der Waals surface area contributed by atoms with E-state index in [1.165, 1.54) is 23.6 Å². The van der Waals surface area contributed by atoms with E-state index in [9.17, 15) is 4.79 Å². The van der Waals surface area contributed by atoms with Crippen molar-refractivity contribution in [2.45, 2.75) is 36.2 Å². The van der Waals surface area contributed by atoms with Gasteiger partial charge in [0.05, 0.1) is 0 Å². The topological polar surface area (TPSA) is 17.1 Å². The van der Waals surface area contributed by atoms with Crippen LogP contribution < -0.4 is 0 Å². The second kappa shape index (κ2) is 5.63. The van der Waals surface area contributed by atoms with Crippen LogP contribution in [0, 0.1) is 5.92 Å². The van der Waals surface area contributed by atoms with E-state index < -0.39 is 0 Å². The third-order valence-electron chi connectivity index (χ3n) is 5.68. The highest BCUT2D eigenvalue weighted by Gasteiger charge is 2.38. The Bertz CT molecular complexity index is 879. The predicted molar refractivity (Wildman–Crippen MR) is 103 cm³/mol. The summed E-state index contributed by atoms with van der Waals surface area (Å²) in [5.41, 5.74) is 0.958. The highest BCUT2D eigenvalue weighted by Crippen LogP contribution is 2.47. The number of rotatable bonds is 2. The van der Waals surface area contributed by atoms with Gasteiger partial charge in [-0.1, -0.05) is 48.5 Å². The Morgan fingerprint density at radius 1 is 0.833 bits per heavy atom. The molecule has 2 heterocycles. The first kappa shape index (κ1) is 14.5. The van der Waals surface area contributed by atoms with Crippen LogP contribution in [0.1, 0.15) is 36.0 Å². The van der Waals surface area contributed by atoms with Crippen molar-refractivity contribution < 1.29 is 4.79 Å². The van der Waals surface area contributed by atoms with Crippen molar-refractivity contribution in [2.24, 2.45) is 5.92 Å². The van der Waals surface area contributed by atoms with Crippen molar-refractivity contribution in [1.82, 2.24) is 0 Å². The third-order valence-corrected chi connectivity index (χ3v) is 7.30. The van der Waals surface area contributed by atoms with Gasteiger partial charge in [-0.15, -0.1) is 0 Å². The van der Waals surface area contributed by atoms with E-state index in [-0.39, 0.29) is 5.92 Å². The zero-order valence-corrected chi connectivity index (χ0v) is 14.4. The van der Waals surface area contributed by atoms with Gasteiger partial charge in [-0.25, -0.2) is 0 Å². The smallest absolute Gasteiger partial charge is 0.167 e. The van der Waals surface area contributed by atoms with Gasteiger partial charge in [-0.05, 0) is 53.3 Å². The Balaban J connectivity index is 1.70. The summed E-state index contributed by atoms with van der Waals surface area (Å²) < 4.78 is 0. The number of ketones is 1. The van der Waals surface area contributed by atoms with Crippen molar-refractivity contribution in [1.29, 1.82) is 0 Å². The zero-order valence-electron chi connectivity index (χ0n) is 13.6. The molecule has 3 aromatic carbocycles. The van der Waals surface area contributed by atoms with Crippen LogP contribution in [0.4, 0.5) is 0 Å². The van der Waals surface area contributed by atoms with Gasteiger partial charge in [-0.2, -0.15) is 11.8 Å². The van der Waals surface area contributed by atoms with Gasteiger partial charge in [0.2, 0.25) is 0 Å². The first-order valence-corrected chi connectivity index (χ1v) is 9.84. The molecule has 0 N–H and O–H groups in total. The van der Waals surface area contributed by atoms with Gasteiger partial charge in [0.25, 0.3) is 0 Å². The summed E-state index contributed by atoms with van der Waals surface area (Å²) >= 11 is 2.12. The minimum absolute atomic E-state index is 0.206. The van der Waals surface area contributed by atoms with Crippen molar-refractivity contribution in [2.75, 3.05) is 0 Å². The van der Waals surface area contributed by atoms with Gasteiger partial charge in [0, 0.05) is 22.0 Å². The van der Waals surface area contributed by atoms with E-state index in [2.05, 4.69) is 54.2 Å². The van der Waals surface area contributed by atoms with Crippen LogP contribution in [-0.2, 0) is 0 Å². The molecule has 2 unspecified atom stereocenters. The molecule has 120 valence electrons. The maximum Gasteiger partial charge on any atom is 0.167 e. The number of carbonyl (C=O) groups is 1. The molecular weight excluding hydrogens is 312 g/mol. The molecule has 0 spiro atoms. The van der Waals surface area contributed by atoms with Crippen LogP contribution in [0.25, 0.3) is 21.5 Å². The molecule has 1 nitrogen and oxygen atoms in total. The monoisotopic (exact) mass is 332 g/mol. The Hall–Kier alpha value is -1.80. The fourth-order valence-corrected chi connectivity index (χ4v) is 6.33. The lowest BCUT2D eigenvalue weighted by molar-refractivity contribution is 0.0910. The summed E-state index contributed by atoms with van der Waals surface area (Å²) in [6.07, 6.45) is 4.74. The van der Waals surface area contributed by atoms with E-state index in [0.717, 1.165) is 29.2 Å². The summed E-state index contributed by atoms with van der Waals surface area (Å²) in [5.74, 6) is 0.582. The average Bonchev–Trinajstić information content (AvgIpc) is 2.97. The summed E-state index contributed by atoms with van der Waals surface area (Å²) in [6.45, 7) is 0. The standard InChI is InChI=1S/C22H20OS/c23-22(16-12-17-9-10-18(13-16)24-17)21-19-7-3-1-5-14(19)11-15-6-2-4-8-20(15)21/h1-8,11,16-18H,9-10,12-13H2. The van der Waals surface area contributed by atoms with Crippen LogP contribution in [0.5, 0.6) is 0 Å². The number of hydrogen-bond donors (Lipinski definition) is 0. The molecule has 0 aliphatic carbocycles. The van der Waals surface area contributed by atoms with Gasteiger partial charge < -0.3 is 0 Å². The Morgan fingerprint density at radius 3 is 1.96 bits per heavy atom. The van der Waals surface area contributed by atoms with Crippen molar-refractivity contribution >= 4 is 39.1 Å². The summed E-state index contributed by atoms with van der Waals surface area (Å²) in [7, 11) is 0. The SMILES string of the molecule is O=C(c1c2ccccc2cc2ccccc12)C1CC2CCC(C1)S2. The molecule has 2 aliphatic heterocycles. The maximum atomic E-state index is 13.5. The van der Waals surface area contributed by atoms with Crippen molar-refractivity contribution in [3.63, 3.8) is 0 Å². The van der Waals surface area contributed by atoms with E-state index in [1.807, 2.05) is 12.1 Å². The molecule has 0 aromatic heterocycles. The first-order chi connectivity index (χ1) is 11.8. The second-order valence-electron chi connectivity index (χ2n) is 7.18. The lowest BCUT2D eigenvalue weighted by atomic mass is 9.85. The molecular formula is C22H20OS. The third kappa shape index (κ3) is 2.28. The molecule has 2 saturated heterocycles. The molecule has 2 aliphatic rings. The second-order valence-corrected chi connectivity index (χ2v) is 8.79. The number of carbonyl (C=O) groups excluding carboxylic acids is 1. The van der Waals surface area contributed by atoms with E-state index in [4.69, 9.17) is 0 Å². The Kier molecular flexibility index (Phi) is 3.41. The van der Waals surface area contributed by atoms with Gasteiger partial charge in [0.1, 0.15) is 0 Å². The summed E-state index contributed by atoms with van der Waals surface area (Å²) in [6, 6.07) is 18.9. The normalized spacial score (nSPS) is 26.1. The van der Waals surface area contributed by atoms with Crippen molar-refractivity contribution in [3.05, 3.63) is 60.2 Å². The largest absolute Gasteiger partial charge is 0.294 e. The van der Waals surface area contributed by atoms with Crippen LogP contribution in [0.3, 0.4) is 0 Å². The molecule has 5 rings (SSSR count). The highest BCUT2D eigenvalue weighted by atomic mass is 32.2. The molecule has 0 radical (unpaired) electrons. The van der Waals surface area contributed by atoms with E-state index in [1.54, 1.807) is 0 Å². The van der Waals surface area contributed by atoms with Crippen molar-refractivity contribution in [3.8, 4) is 0 Å². The zero-order chi connectivity index (χ0) is 16.1. The van der Waals surface area contributed by atoms with Crippen LogP contribution in [-0.4, -0.2) is 16.3 Å². The van der Waals surface area contributed by atoms with E-state index in [0.29, 0.717) is 16.3 Å². The maximum absolute atomic E-state index is 13.5. The Morgan fingerprint density at radius 2 is 1.38 bits per heavy atom. The number of hydrogen-bond acceptors (Lipinski definition) is 2. The molecule has 0 amide bonds. The number of thioether (sulfide) groups is 1. The molecule has 2 fully saturated rings. The fraction of sp³-hybridized carbons (Fsp3) is 0.318. The molecule has 2 heteroatoms. The van der Waals surface area contributed by atoms with Gasteiger partial charge in [-0.3, -0.25) is 4.79 Å². The van der Waals surface area contributed by atoms with Crippen LogP contribution in [0.2, 0.25) is 0 Å². The fourth-order valence-electron chi connectivity index (χ4n) is 4.56. The first-order valence-electron chi connectivity index (χ1n) is 8.90. The van der Waals surface area contributed by atoms with Crippen LogP contribution >= 0.6 is 11.8 Å². The lowest BCUT2D eigenvalue weighted by Gasteiger charge is -2.27.